The number of nitrogens with zero attached hydrogens (tertiary/aromatic N) is 4. The Morgan fingerprint density at radius 3 is 1.42 bits per heavy atom. The van der Waals surface area contributed by atoms with Crippen LogP contribution in [0.5, 0.6) is 11.5 Å². The maximum Gasteiger partial charge on any atom is 0.416 e. The molecule has 0 radical (unpaired) electrons. The number of carboxylic acid groups (broad SMARTS) is 1. The Labute approximate surface area is 479 Å². The number of carbonyl (C=O) groups is 4. The molecule has 428 valence electrons. The number of amides is 2. The molecule has 2 aliphatic heterocycles. The standard InChI is InChI=1S/C28H22ClF3N2O5.C22H13ClF3NO4.C6H10BrNO.2CH4/c29-19-10-11-22(20(15-19)26-33-21-8-1-2-9-23(21)39-26)38-25(17-6-5-7-18(14-17)28(30,31)32)27(36)37-16-24(35)34-12-3-4-13-34;23-14-8-9-17(15(11-14)20-27-16-6-1-2-7-18(16)31-20)30-19(21(28)29)12-4-3-5-13(10-12)22(24,25)26;7-5-6(9)8-3-1-2-4-8;;/h1-2,5-11,14-15,25H,3-4,12-13,16H2;1-11,19H,(H,28,29);1-5H2;2*1H4. The van der Waals surface area contributed by atoms with Crippen LogP contribution >= 0.6 is 39.1 Å². The lowest BCUT2D eigenvalue weighted by molar-refractivity contribution is -0.158. The molecule has 0 bridgehead atoms. The predicted octanol–water partition coefficient (Wildman–Crippen LogP) is 15.1. The largest absolute Gasteiger partial charge is 0.478 e. The van der Waals surface area contributed by atoms with Crippen molar-refractivity contribution in [2.24, 2.45) is 0 Å². The molecule has 10 rings (SSSR count). The number of para-hydroxylation sites is 4. The van der Waals surface area contributed by atoms with E-state index in [4.69, 9.17) is 46.2 Å². The topological polar surface area (TPSA) is 175 Å². The molecule has 2 aliphatic rings. The molecule has 2 atom stereocenters. The molecule has 6 aromatic carbocycles. The van der Waals surface area contributed by atoms with E-state index >= 15 is 0 Å². The molecular weight excluding hydrogens is 1180 g/mol. The molecule has 14 nitrogen and oxygen atoms in total. The van der Waals surface area contributed by atoms with Crippen LogP contribution in [0, 0.1) is 0 Å². The van der Waals surface area contributed by atoms with Gasteiger partial charge in [-0.1, -0.05) is 103 Å². The second-order valence-electron chi connectivity index (χ2n) is 17.8. The van der Waals surface area contributed by atoms with Crippen molar-refractivity contribution in [2.75, 3.05) is 38.1 Å². The lowest BCUT2D eigenvalue weighted by Crippen LogP contribution is -2.33. The summed E-state index contributed by atoms with van der Waals surface area (Å²) in [5, 5.41) is 10.7. The number of carbonyl (C=O) groups excluding carboxylic acids is 3. The van der Waals surface area contributed by atoms with Gasteiger partial charge >= 0.3 is 24.3 Å². The first-order chi connectivity index (χ1) is 37.7. The predicted molar refractivity (Wildman–Crippen MR) is 296 cm³/mol. The summed E-state index contributed by atoms with van der Waals surface area (Å²) in [6.45, 7) is 2.48. The van der Waals surface area contributed by atoms with Crippen LogP contribution in [-0.2, 0) is 36.3 Å². The van der Waals surface area contributed by atoms with Crippen LogP contribution in [0.15, 0.2) is 142 Å². The minimum absolute atomic E-state index is 0. The number of esters is 1. The normalized spacial score (nSPS) is 13.8. The fraction of sp³-hybridized carbons (Fsp3) is 0.276. The van der Waals surface area contributed by atoms with Gasteiger partial charge in [0.15, 0.2) is 17.8 Å². The van der Waals surface area contributed by atoms with Gasteiger partial charge in [0, 0.05) is 47.4 Å². The molecule has 2 fully saturated rings. The summed E-state index contributed by atoms with van der Waals surface area (Å²) in [6.07, 6.45) is -8.55. The van der Waals surface area contributed by atoms with Gasteiger partial charge in [-0.2, -0.15) is 26.3 Å². The number of ether oxygens (including phenoxy) is 3. The van der Waals surface area contributed by atoms with Crippen LogP contribution in [0.3, 0.4) is 0 Å². The smallest absolute Gasteiger partial charge is 0.416 e. The number of fused-ring (bicyclic) bond motifs is 2. The van der Waals surface area contributed by atoms with Crippen molar-refractivity contribution in [3.05, 3.63) is 166 Å². The van der Waals surface area contributed by atoms with Crippen LogP contribution in [0.4, 0.5) is 26.3 Å². The Balaban J connectivity index is 0.000000225. The number of rotatable bonds is 13. The molecule has 2 unspecified atom stereocenters. The van der Waals surface area contributed by atoms with Crippen LogP contribution in [0.25, 0.3) is 45.1 Å². The zero-order valence-corrected chi connectivity index (χ0v) is 44.3. The van der Waals surface area contributed by atoms with E-state index in [-0.39, 0.29) is 72.2 Å². The van der Waals surface area contributed by atoms with Gasteiger partial charge in [0.25, 0.3) is 5.91 Å². The zero-order chi connectivity index (χ0) is 56.4. The number of hydrogen-bond acceptors (Lipinski definition) is 11. The van der Waals surface area contributed by atoms with Crippen molar-refractivity contribution < 1.29 is 73.7 Å². The van der Waals surface area contributed by atoms with E-state index in [0.717, 1.165) is 56.3 Å². The second kappa shape index (κ2) is 27.7. The third-order valence-corrected chi connectivity index (χ3v) is 13.2. The summed E-state index contributed by atoms with van der Waals surface area (Å²) in [7, 11) is 0. The summed E-state index contributed by atoms with van der Waals surface area (Å²) in [6, 6.07) is 31.0. The first-order valence-electron chi connectivity index (χ1n) is 24.3. The minimum Gasteiger partial charge on any atom is -0.478 e. The minimum atomic E-state index is -4.65. The average Bonchev–Trinajstić information content (AvgIpc) is 4.30. The molecule has 81 heavy (non-hydrogen) atoms. The Hall–Kier alpha value is -7.62. The summed E-state index contributed by atoms with van der Waals surface area (Å²) in [5.74, 6) is -2.27. The number of halogens is 9. The Morgan fingerprint density at radius 1 is 0.580 bits per heavy atom. The summed E-state index contributed by atoms with van der Waals surface area (Å²) >= 11 is 15.4. The highest BCUT2D eigenvalue weighted by Gasteiger charge is 2.35. The van der Waals surface area contributed by atoms with Crippen LogP contribution in [0.2, 0.25) is 10.0 Å². The molecule has 2 saturated heterocycles. The van der Waals surface area contributed by atoms with Gasteiger partial charge in [0.1, 0.15) is 22.5 Å². The van der Waals surface area contributed by atoms with Gasteiger partial charge in [-0.3, -0.25) is 9.59 Å². The van der Waals surface area contributed by atoms with E-state index in [2.05, 4.69) is 25.9 Å². The quantitative estimate of drug-likeness (QED) is 0.0658. The summed E-state index contributed by atoms with van der Waals surface area (Å²) in [4.78, 5) is 60.7. The molecule has 23 heteroatoms. The second-order valence-corrected chi connectivity index (χ2v) is 19.2. The Bertz CT molecular complexity index is 3410. The lowest BCUT2D eigenvalue weighted by atomic mass is 10.1. The first kappa shape index (κ1) is 62.6. The maximum atomic E-state index is 13.5. The zero-order valence-electron chi connectivity index (χ0n) is 41.2. The molecule has 0 saturated carbocycles. The number of alkyl halides is 7. The molecule has 1 N–H and O–H groups in total. The fourth-order valence-electron chi connectivity index (χ4n) is 8.36. The van der Waals surface area contributed by atoms with E-state index in [1.165, 1.54) is 67.4 Å². The Morgan fingerprint density at radius 2 is 1.00 bits per heavy atom. The van der Waals surface area contributed by atoms with E-state index in [9.17, 15) is 50.6 Å². The highest BCUT2D eigenvalue weighted by molar-refractivity contribution is 9.09. The molecule has 0 aliphatic carbocycles. The number of aliphatic carboxylic acids is 1. The average molecular weight is 1230 g/mol. The van der Waals surface area contributed by atoms with Gasteiger partial charge in [0.05, 0.1) is 27.6 Å². The highest BCUT2D eigenvalue weighted by atomic mass is 79.9. The molecule has 0 spiro atoms. The maximum absolute atomic E-state index is 13.5. The SMILES string of the molecule is C.C.O=C(CBr)N1CCCC1.O=C(O)C(Oc1ccc(Cl)cc1-c1nc2ccccc2o1)c1cccc(C(F)(F)F)c1.O=C(OCC(=O)N1CCCC1)C(Oc1ccc(Cl)cc1-c1nc2ccccc2o1)c1cccc(C(F)(F)F)c1. The van der Waals surface area contributed by atoms with Gasteiger partial charge < -0.3 is 38.0 Å². The molecular formula is C58H53BrCl2F6N4O10. The van der Waals surface area contributed by atoms with Crippen LogP contribution < -0.4 is 9.47 Å². The van der Waals surface area contributed by atoms with Crippen molar-refractivity contribution in [3.63, 3.8) is 0 Å². The van der Waals surface area contributed by atoms with Gasteiger partial charge in [0.2, 0.25) is 29.9 Å². The highest BCUT2D eigenvalue weighted by Crippen LogP contribution is 2.40. The Kier molecular flexibility index (Phi) is 21.4. The van der Waals surface area contributed by atoms with Crippen molar-refractivity contribution in [2.45, 2.75) is 65.1 Å². The number of likely N-dealkylation sites (tertiary alicyclic amines) is 2. The van der Waals surface area contributed by atoms with E-state index in [0.29, 0.717) is 50.7 Å². The van der Waals surface area contributed by atoms with Crippen molar-refractivity contribution in [1.29, 1.82) is 0 Å². The van der Waals surface area contributed by atoms with Crippen molar-refractivity contribution >= 4 is 85.1 Å². The van der Waals surface area contributed by atoms with Crippen LogP contribution in [0.1, 0.15) is 75.0 Å². The lowest BCUT2D eigenvalue weighted by Gasteiger charge is -2.21. The van der Waals surface area contributed by atoms with E-state index in [1.807, 2.05) is 4.90 Å². The fourth-order valence-corrected chi connectivity index (χ4v) is 9.06. The monoisotopic (exact) mass is 1230 g/mol. The first-order valence-corrected chi connectivity index (χ1v) is 26.1. The number of aromatic nitrogens is 2. The molecule has 4 heterocycles. The van der Waals surface area contributed by atoms with Gasteiger partial charge in [-0.15, -0.1) is 0 Å². The van der Waals surface area contributed by atoms with Crippen molar-refractivity contribution in [1.82, 2.24) is 19.8 Å². The third kappa shape index (κ3) is 16.1. The molecule has 2 aromatic heterocycles. The summed E-state index contributed by atoms with van der Waals surface area (Å²) in [5.41, 5.74) is 0.439. The van der Waals surface area contributed by atoms with Crippen molar-refractivity contribution in [3.8, 4) is 34.4 Å². The molecule has 2 amide bonds. The summed E-state index contributed by atoms with van der Waals surface area (Å²) < 4.78 is 108. The number of hydrogen-bond donors (Lipinski definition) is 1. The van der Waals surface area contributed by atoms with Crippen LogP contribution in [-0.4, -0.2) is 86.7 Å². The van der Waals surface area contributed by atoms with E-state index < -0.39 is 54.2 Å². The van der Waals surface area contributed by atoms with Gasteiger partial charge in [-0.25, -0.2) is 19.6 Å². The van der Waals surface area contributed by atoms with E-state index in [1.54, 1.807) is 53.4 Å². The number of benzene rings is 6. The third-order valence-electron chi connectivity index (χ3n) is 12.3. The number of carboxylic acids is 1. The number of oxazole rings is 2. The van der Waals surface area contributed by atoms with Gasteiger partial charge in [-0.05, 0) is 111 Å². The molecule has 8 aromatic rings.